The first-order chi connectivity index (χ1) is 1.00. The van der Waals surface area contributed by atoms with Crippen LogP contribution in [0.3, 0.4) is 0 Å². The maximum Gasteiger partial charge on any atom is 0 e. The first-order valence-corrected chi connectivity index (χ1v) is 1.50. The molecule has 0 heterocycles. The van der Waals surface area contributed by atoms with Gasteiger partial charge in [-0.1, -0.05) is 0 Å². The van der Waals surface area contributed by atoms with Gasteiger partial charge < -0.3 is 0 Å². The second-order valence-corrected chi connectivity index (χ2v) is 0. The number of rotatable bonds is 0. The molecule has 0 saturated heterocycles. The van der Waals surface area contributed by atoms with E-state index in [0.717, 1.165) is 0 Å². The quantitative estimate of drug-likeness (QED) is 0.531. The van der Waals surface area contributed by atoms with E-state index in [9.17, 15) is 0 Å². The summed E-state index contributed by atoms with van der Waals surface area (Å²) in [5, 5.41) is 0. The van der Waals surface area contributed by atoms with Crippen LogP contribution in [0, 0.1) is 0 Å². The van der Waals surface area contributed by atoms with Gasteiger partial charge in [0.2, 0.25) is 0 Å². The van der Waals surface area contributed by atoms with Crippen LogP contribution in [0.1, 0.15) is 0 Å². The molecule has 0 fully saturated rings. The Kier molecular flexibility index (Phi) is 80.5. The molecule has 1 nitrogen and oxygen atoms in total. The molecule has 0 aliphatic rings. The van der Waals surface area contributed by atoms with Crippen LogP contribution in [-0.4, -0.2) is 49.8 Å². The molecule has 4 heavy (non-hydrogen) atoms. The molecule has 0 aromatic heterocycles. The standard InChI is InChI=1S/In.O.Sn.Zn. The zero-order valence-corrected chi connectivity index (χ0v) is 11.3. The van der Waals surface area contributed by atoms with Gasteiger partial charge in [0.25, 0.3) is 0 Å². The summed E-state index contributed by atoms with van der Waals surface area (Å²) in [4.78, 5) is 0. The van der Waals surface area contributed by atoms with Crippen molar-refractivity contribution < 1.29 is 21.8 Å². The molecule has 0 aromatic carbocycles. The minimum Gasteiger partial charge on any atom is 0 e. The molecule has 0 saturated carbocycles. The van der Waals surface area contributed by atoms with Crippen LogP contribution in [0.2, 0.25) is 0 Å². The summed E-state index contributed by atoms with van der Waals surface area (Å²) in [7, 11) is 0. The number of hydrogen-bond acceptors (Lipinski definition) is 1. The summed E-state index contributed by atoms with van der Waals surface area (Å²) in [5.41, 5.74) is 0. The SMILES string of the molecule is [In].[O]=[Zn].[Sn]. The van der Waals surface area contributed by atoms with Gasteiger partial charge in [0.1, 0.15) is 0 Å². The molecule has 0 aliphatic heterocycles. The average molecular weight is 315 g/mol. The molecule has 4 heteroatoms. The van der Waals surface area contributed by atoms with Crippen LogP contribution in [0.4, 0.5) is 0 Å². The van der Waals surface area contributed by atoms with Crippen molar-refractivity contribution in [3.8, 4) is 0 Å². The summed E-state index contributed by atoms with van der Waals surface area (Å²) >= 11 is 0.125. The van der Waals surface area contributed by atoms with Gasteiger partial charge in [0.15, 0.2) is 0 Å². The fourth-order valence-corrected chi connectivity index (χ4v) is 0. The smallest absolute Gasteiger partial charge is 0 e. The van der Waals surface area contributed by atoms with Gasteiger partial charge in [-0.3, -0.25) is 0 Å². The molecule has 0 amide bonds. The zero-order valence-electron chi connectivity index (χ0n) is 2.19. The van der Waals surface area contributed by atoms with E-state index >= 15 is 0 Å². The third kappa shape index (κ3) is 8.94. The van der Waals surface area contributed by atoms with E-state index in [1.54, 1.807) is 0 Å². The van der Waals surface area contributed by atoms with Crippen molar-refractivity contribution >= 4 is 49.8 Å². The molecule has 0 atom stereocenters. The first kappa shape index (κ1) is 16.5. The molecule has 7 radical (unpaired) electrons. The molecule has 0 aliphatic carbocycles. The van der Waals surface area contributed by atoms with Gasteiger partial charge in [0.05, 0.1) is 0 Å². The van der Waals surface area contributed by atoms with Crippen LogP contribution < -0.4 is 0 Å². The van der Waals surface area contributed by atoms with Crippen molar-refractivity contribution in [1.82, 2.24) is 0 Å². The fourth-order valence-electron chi connectivity index (χ4n) is 0. The summed E-state index contributed by atoms with van der Waals surface area (Å²) in [5.74, 6) is 0. The fraction of sp³-hybridized carbons (Fsp3) is 0. The van der Waals surface area contributed by atoms with Gasteiger partial charge in [0, 0.05) is 49.8 Å². The van der Waals surface area contributed by atoms with Crippen molar-refractivity contribution in [2.45, 2.75) is 0 Å². The van der Waals surface area contributed by atoms with Gasteiger partial charge in [-0.25, -0.2) is 0 Å². The van der Waals surface area contributed by atoms with Crippen LogP contribution >= 0.6 is 0 Å². The largest absolute Gasteiger partial charge is 0 e. The van der Waals surface area contributed by atoms with E-state index < -0.39 is 0 Å². The van der Waals surface area contributed by atoms with Crippen molar-refractivity contribution in [3.63, 3.8) is 0 Å². The van der Waals surface area contributed by atoms with Gasteiger partial charge in [-0.2, -0.15) is 0 Å². The molecule has 0 aromatic rings. The van der Waals surface area contributed by atoms with Crippen LogP contribution in [0.5, 0.6) is 0 Å². The Morgan fingerprint density at radius 3 is 1.25 bits per heavy atom. The summed E-state index contributed by atoms with van der Waals surface area (Å²) < 4.78 is 8.38. The third-order valence-electron chi connectivity index (χ3n) is 0. The Hall–Kier alpha value is 2.09. The van der Waals surface area contributed by atoms with Crippen molar-refractivity contribution in [1.29, 1.82) is 0 Å². The summed E-state index contributed by atoms with van der Waals surface area (Å²) in [6.07, 6.45) is 0. The topological polar surface area (TPSA) is 17.1 Å². The molecular weight excluding hydrogens is 315 g/mol. The maximum atomic E-state index is 8.38. The zero-order chi connectivity index (χ0) is 2.00. The normalized spacial score (nSPS) is 1.50. The first-order valence-electron chi connectivity index (χ1n) is 0.289. The van der Waals surface area contributed by atoms with Gasteiger partial charge >= 0.3 is 21.8 Å². The molecular formula is InOSnZn. The molecule has 0 spiro atoms. The Balaban J connectivity index is -0.00000000500. The monoisotopic (exact) mass is 315 g/mol. The minimum atomic E-state index is 0. The van der Waals surface area contributed by atoms with E-state index in [1.165, 1.54) is 0 Å². The predicted molar refractivity (Wildman–Crippen MR) is 12.2 cm³/mol. The van der Waals surface area contributed by atoms with Crippen molar-refractivity contribution in [2.75, 3.05) is 0 Å². The predicted octanol–water partition coefficient (Wildman–Crippen LogP) is -0.883. The molecule has 15 valence electrons. The third-order valence-corrected chi connectivity index (χ3v) is 0. The van der Waals surface area contributed by atoms with Crippen molar-refractivity contribution in [2.24, 2.45) is 0 Å². The van der Waals surface area contributed by atoms with Gasteiger partial charge in [-0.05, 0) is 0 Å². The van der Waals surface area contributed by atoms with Crippen LogP contribution in [-0.2, 0) is 21.8 Å². The average Bonchev–Trinajstić information content (AvgIpc) is 1.00. The molecule has 0 N–H and O–H groups in total. The van der Waals surface area contributed by atoms with Crippen molar-refractivity contribution in [3.05, 3.63) is 0 Å². The summed E-state index contributed by atoms with van der Waals surface area (Å²) in [6.45, 7) is 0. The Bertz CT molecular complexity index is 8.00. The molecule has 0 rings (SSSR count). The number of hydrogen-bond donors (Lipinski definition) is 0. The minimum absolute atomic E-state index is 0. The van der Waals surface area contributed by atoms with Gasteiger partial charge in [-0.15, -0.1) is 0 Å². The van der Waals surface area contributed by atoms with E-state index in [-0.39, 0.29) is 68.0 Å². The Labute approximate surface area is 70.6 Å². The summed E-state index contributed by atoms with van der Waals surface area (Å²) in [6, 6.07) is 0. The second-order valence-electron chi connectivity index (χ2n) is 0. The van der Waals surface area contributed by atoms with E-state index in [1.807, 2.05) is 0 Å². The maximum absolute atomic E-state index is 8.38. The van der Waals surface area contributed by atoms with E-state index in [4.69, 9.17) is 3.57 Å². The van der Waals surface area contributed by atoms with Crippen LogP contribution in [0.25, 0.3) is 0 Å². The van der Waals surface area contributed by atoms with E-state index in [2.05, 4.69) is 0 Å². The Morgan fingerprint density at radius 2 is 1.25 bits per heavy atom. The Morgan fingerprint density at radius 1 is 1.25 bits per heavy atom. The molecule has 0 bridgehead atoms. The molecule has 0 unspecified atom stereocenters. The second kappa shape index (κ2) is 19.5. The van der Waals surface area contributed by atoms with E-state index in [0.29, 0.717) is 0 Å². The van der Waals surface area contributed by atoms with Crippen LogP contribution in [0.15, 0.2) is 0 Å².